The number of benzene rings is 1. The smallest absolute Gasteiger partial charge is 0.211 e. The number of nitrogens with zero attached hydrogens (tertiary/aromatic N) is 4. The Balaban J connectivity index is 2.10. The van der Waals surface area contributed by atoms with E-state index in [4.69, 9.17) is 16.7 Å². The molecule has 1 aromatic heterocycles. The molecule has 0 unspecified atom stereocenters. The van der Waals surface area contributed by atoms with Crippen LogP contribution in [0, 0.1) is 0 Å². The summed E-state index contributed by atoms with van der Waals surface area (Å²) < 4.78 is 0. The molecule has 2 aromatic rings. The molecule has 1 heterocycles. The molecule has 92 valence electrons. The van der Waals surface area contributed by atoms with Crippen molar-refractivity contribution in [3.05, 3.63) is 41.3 Å². The molecular formula is C11H9ClN4O2. The van der Waals surface area contributed by atoms with Gasteiger partial charge < -0.3 is 10.2 Å². The number of phenols is 2. The minimum Gasteiger partial charge on any atom is -0.508 e. The van der Waals surface area contributed by atoms with Gasteiger partial charge in [-0.15, -0.1) is 5.11 Å². The van der Waals surface area contributed by atoms with E-state index in [2.05, 4.69) is 20.2 Å². The summed E-state index contributed by atoms with van der Waals surface area (Å²) in [4.78, 5) is 7.69. The Morgan fingerprint density at radius 2 is 1.94 bits per heavy atom. The molecule has 0 bridgehead atoms. The van der Waals surface area contributed by atoms with E-state index in [-0.39, 0.29) is 29.0 Å². The Kier molecular flexibility index (Phi) is 3.69. The Morgan fingerprint density at radius 1 is 1.17 bits per heavy atom. The van der Waals surface area contributed by atoms with Crippen LogP contribution in [0.4, 0.5) is 5.82 Å². The first-order chi connectivity index (χ1) is 8.66. The number of aromatic hydroxyl groups is 2. The van der Waals surface area contributed by atoms with E-state index < -0.39 is 0 Å². The number of azo groups is 1. The molecule has 0 saturated heterocycles. The first-order valence-corrected chi connectivity index (χ1v) is 5.39. The molecule has 0 radical (unpaired) electrons. The van der Waals surface area contributed by atoms with Crippen molar-refractivity contribution < 1.29 is 10.2 Å². The number of aromatic nitrogens is 2. The van der Waals surface area contributed by atoms with Crippen LogP contribution in [0.3, 0.4) is 0 Å². The van der Waals surface area contributed by atoms with E-state index in [0.717, 1.165) is 0 Å². The monoisotopic (exact) mass is 264 g/mol. The van der Waals surface area contributed by atoms with Gasteiger partial charge in [-0.2, -0.15) is 5.11 Å². The van der Waals surface area contributed by atoms with Gasteiger partial charge in [0.25, 0.3) is 0 Å². The Hall–Kier alpha value is -2.21. The van der Waals surface area contributed by atoms with Crippen molar-refractivity contribution >= 4 is 17.4 Å². The fraction of sp³-hybridized carbons (Fsp3) is 0.0909. The topological polar surface area (TPSA) is 91.0 Å². The lowest BCUT2D eigenvalue weighted by molar-refractivity contribution is 0.446. The van der Waals surface area contributed by atoms with Crippen molar-refractivity contribution in [2.75, 3.05) is 0 Å². The van der Waals surface area contributed by atoms with Gasteiger partial charge in [-0.25, -0.2) is 9.97 Å². The minimum atomic E-state index is -0.0424. The molecule has 7 heteroatoms. The quantitative estimate of drug-likeness (QED) is 0.834. The molecule has 6 nitrogen and oxygen atoms in total. The summed E-state index contributed by atoms with van der Waals surface area (Å²) in [5.41, 5.74) is 0.538. The van der Waals surface area contributed by atoms with Crippen LogP contribution in [0.1, 0.15) is 5.56 Å². The third-order valence-corrected chi connectivity index (χ3v) is 2.38. The summed E-state index contributed by atoms with van der Waals surface area (Å²) in [5, 5.41) is 26.5. The number of hydrogen-bond donors (Lipinski definition) is 2. The maximum atomic E-state index is 9.53. The van der Waals surface area contributed by atoms with Gasteiger partial charge in [-0.05, 0) is 12.1 Å². The van der Waals surface area contributed by atoms with E-state index in [9.17, 15) is 5.11 Å². The number of rotatable bonds is 3. The van der Waals surface area contributed by atoms with Gasteiger partial charge in [-0.1, -0.05) is 11.6 Å². The number of halogens is 1. The van der Waals surface area contributed by atoms with Crippen LogP contribution in [0.5, 0.6) is 11.5 Å². The van der Waals surface area contributed by atoms with E-state index >= 15 is 0 Å². The fourth-order valence-corrected chi connectivity index (χ4v) is 1.39. The lowest BCUT2D eigenvalue weighted by Crippen LogP contribution is -1.82. The predicted molar refractivity (Wildman–Crippen MR) is 65.0 cm³/mol. The molecule has 2 rings (SSSR count). The van der Waals surface area contributed by atoms with Crippen LogP contribution < -0.4 is 0 Å². The second kappa shape index (κ2) is 5.42. The number of hydrogen-bond acceptors (Lipinski definition) is 6. The van der Waals surface area contributed by atoms with Gasteiger partial charge in [-0.3, -0.25) is 0 Å². The number of phenolic OH excluding ortho intramolecular Hbond substituents is 2. The largest absolute Gasteiger partial charge is 0.508 e. The van der Waals surface area contributed by atoms with Crippen molar-refractivity contribution in [2.45, 2.75) is 6.54 Å². The molecule has 0 amide bonds. The molecule has 0 aliphatic rings. The first kappa shape index (κ1) is 12.3. The highest BCUT2D eigenvalue weighted by Gasteiger charge is 2.02. The molecule has 1 aromatic carbocycles. The normalized spacial score (nSPS) is 10.9. The molecular weight excluding hydrogens is 256 g/mol. The molecule has 0 fully saturated rings. The Labute approximate surface area is 108 Å². The van der Waals surface area contributed by atoms with Gasteiger partial charge in [0.15, 0.2) is 5.15 Å². The van der Waals surface area contributed by atoms with E-state index in [1.165, 1.54) is 24.5 Å². The van der Waals surface area contributed by atoms with E-state index in [1.807, 2.05) is 0 Å². The Bertz CT molecular complexity index is 589. The maximum absolute atomic E-state index is 9.53. The van der Waals surface area contributed by atoms with Crippen molar-refractivity contribution in [3.63, 3.8) is 0 Å². The lowest BCUT2D eigenvalue weighted by Gasteiger charge is -2.00. The zero-order valence-corrected chi connectivity index (χ0v) is 9.91. The van der Waals surface area contributed by atoms with Crippen LogP contribution in [-0.2, 0) is 6.54 Å². The summed E-state index contributed by atoms with van der Waals surface area (Å²) in [6.07, 6.45) is 2.91. The summed E-state index contributed by atoms with van der Waals surface area (Å²) in [6.45, 7) is 0.152. The summed E-state index contributed by atoms with van der Waals surface area (Å²) in [6, 6.07) is 4.25. The van der Waals surface area contributed by atoms with Gasteiger partial charge in [0.05, 0.1) is 6.54 Å². The van der Waals surface area contributed by atoms with Crippen LogP contribution in [0.25, 0.3) is 0 Å². The van der Waals surface area contributed by atoms with Gasteiger partial charge in [0.2, 0.25) is 5.82 Å². The van der Waals surface area contributed by atoms with E-state index in [1.54, 1.807) is 6.07 Å². The van der Waals surface area contributed by atoms with Gasteiger partial charge >= 0.3 is 0 Å². The average molecular weight is 265 g/mol. The van der Waals surface area contributed by atoms with Crippen LogP contribution >= 0.6 is 11.6 Å². The van der Waals surface area contributed by atoms with Gasteiger partial charge in [0, 0.05) is 24.0 Å². The fourth-order valence-electron chi connectivity index (χ4n) is 1.25. The first-order valence-electron chi connectivity index (χ1n) is 5.01. The average Bonchev–Trinajstić information content (AvgIpc) is 2.34. The third kappa shape index (κ3) is 2.92. The molecule has 0 atom stereocenters. The summed E-state index contributed by atoms with van der Waals surface area (Å²) >= 11 is 5.75. The molecule has 0 aliphatic heterocycles. The lowest BCUT2D eigenvalue weighted by atomic mass is 10.2. The SMILES string of the molecule is Oc1ccc(CN=Nc2nccnc2Cl)c(O)c1. The molecule has 18 heavy (non-hydrogen) atoms. The zero-order valence-electron chi connectivity index (χ0n) is 9.16. The second-order valence-electron chi connectivity index (χ2n) is 3.38. The highest BCUT2D eigenvalue weighted by molar-refractivity contribution is 6.31. The molecule has 0 spiro atoms. The third-order valence-electron chi connectivity index (χ3n) is 2.11. The van der Waals surface area contributed by atoms with Crippen LogP contribution in [-0.4, -0.2) is 20.2 Å². The second-order valence-corrected chi connectivity index (χ2v) is 3.74. The minimum absolute atomic E-state index is 0.00911. The summed E-state index contributed by atoms with van der Waals surface area (Å²) in [5.74, 6) is 0.168. The van der Waals surface area contributed by atoms with Crippen LogP contribution in [0.2, 0.25) is 5.15 Å². The molecule has 2 N–H and O–H groups in total. The van der Waals surface area contributed by atoms with Crippen molar-refractivity contribution in [3.8, 4) is 11.5 Å². The van der Waals surface area contributed by atoms with E-state index in [0.29, 0.717) is 5.56 Å². The standard InChI is InChI=1S/C11H9ClN4O2/c12-10-11(14-4-3-13-10)16-15-6-7-1-2-8(17)5-9(7)18/h1-5,17-18H,6H2. The highest BCUT2D eigenvalue weighted by atomic mass is 35.5. The Morgan fingerprint density at radius 3 is 2.67 bits per heavy atom. The van der Waals surface area contributed by atoms with Crippen molar-refractivity contribution in [1.82, 2.24) is 9.97 Å². The van der Waals surface area contributed by atoms with Crippen molar-refractivity contribution in [2.24, 2.45) is 10.2 Å². The van der Waals surface area contributed by atoms with Crippen molar-refractivity contribution in [1.29, 1.82) is 0 Å². The molecule has 0 saturated carbocycles. The predicted octanol–water partition coefficient (Wildman–Crippen LogP) is 2.83. The summed E-state index contributed by atoms with van der Waals surface area (Å²) in [7, 11) is 0. The zero-order chi connectivity index (χ0) is 13.0. The maximum Gasteiger partial charge on any atom is 0.211 e. The van der Waals surface area contributed by atoms with Gasteiger partial charge in [0.1, 0.15) is 11.5 Å². The highest BCUT2D eigenvalue weighted by Crippen LogP contribution is 2.24. The molecule has 0 aliphatic carbocycles. The van der Waals surface area contributed by atoms with Crippen LogP contribution in [0.15, 0.2) is 40.8 Å².